The second-order valence-corrected chi connectivity index (χ2v) is 6.69. The van der Waals surface area contributed by atoms with Gasteiger partial charge in [0.15, 0.2) is 0 Å². The van der Waals surface area contributed by atoms with E-state index in [0.717, 1.165) is 17.5 Å². The van der Waals surface area contributed by atoms with Gasteiger partial charge in [0.25, 0.3) is 0 Å². The van der Waals surface area contributed by atoms with Gasteiger partial charge in [-0.15, -0.1) is 5.10 Å². The van der Waals surface area contributed by atoms with Gasteiger partial charge in [0, 0.05) is 12.7 Å². The molecule has 10 heteroatoms. The predicted octanol–water partition coefficient (Wildman–Crippen LogP) is 2.58. The van der Waals surface area contributed by atoms with Gasteiger partial charge >= 0.3 is 0 Å². The first kappa shape index (κ1) is 20.1. The average Bonchev–Trinajstić information content (AvgIpc) is 3.22. The number of aromatic nitrogens is 6. The quantitative estimate of drug-likeness (QED) is 0.508. The van der Waals surface area contributed by atoms with Gasteiger partial charge in [-0.25, -0.2) is 19.0 Å². The molecule has 0 aliphatic carbocycles. The molecule has 0 radical (unpaired) electrons. The van der Waals surface area contributed by atoms with Crippen LogP contribution in [-0.4, -0.2) is 37.1 Å². The van der Waals surface area contributed by atoms with Crippen LogP contribution in [0.1, 0.15) is 17.0 Å². The van der Waals surface area contributed by atoms with Crippen molar-refractivity contribution in [2.45, 2.75) is 13.2 Å². The van der Waals surface area contributed by atoms with Gasteiger partial charge in [0.05, 0.1) is 53.8 Å². The van der Waals surface area contributed by atoms with Gasteiger partial charge in [-0.2, -0.15) is 5.26 Å². The molecule has 0 aliphatic heterocycles. The Bertz CT molecular complexity index is 1280. The zero-order valence-corrected chi connectivity index (χ0v) is 16.5. The molecular formula is C21H17FN8O. The second-order valence-electron chi connectivity index (χ2n) is 6.69. The van der Waals surface area contributed by atoms with Crippen molar-refractivity contribution >= 4 is 5.95 Å². The number of halogens is 1. The summed E-state index contributed by atoms with van der Waals surface area (Å²) in [6, 6.07) is 13.2. The van der Waals surface area contributed by atoms with Crippen molar-refractivity contribution in [3.63, 3.8) is 0 Å². The number of nitrogen functional groups attached to an aromatic ring is 1. The summed E-state index contributed by atoms with van der Waals surface area (Å²) < 4.78 is 20.6. The average molecular weight is 416 g/mol. The lowest BCUT2D eigenvalue weighted by Crippen LogP contribution is -2.04. The Kier molecular flexibility index (Phi) is 5.59. The van der Waals surface area contributed by atoms with Gasteiger partial charge in [0.2, 0.25) is 5.95 Å². The summed E-state index contributed by atoms with van der Waals surface area (Å²) >= 11 is 0. The van der Waals surface area contributed by atoms with Gasteiger partial charge in [0.1, 0.15) is 11.5 Å². The number of rotatable bonds is 6. The molecule has 0 atom stereocenters. The van der Waals surface area contributed by atoms with Crippen LogP contribution >= 0.6 is 0 Å². The largest absolute Gasteiger partial charge is 0.378 e. The van der Waals surface area contributed by atoms with Gasteiger partial charge in [-0.1, -0.05) is 11.3 Å². The topological polar surface area (TPSA) is 128 Å². The van der Waals surface area contributed by atoms with E-state index in [1.165, 1.54) is 12.1 Å². The van der Waals surface area contributed by atoms with Crippen molar-refractivity contribution < 1.29 is 9.13 Å². The third kappa shape index (κ3) is 4.68. The highest BCUT2D eigenvalue weighted by Gasteiger charge is 2.12. The molecule has 3 aromatic heterocycles. The minimum atomic E-state index is -0.540. The first-order valence-electron chi connectivity index (χ1n) is 9.24. The molecule has 31 heavy (non-hydrogen) atoms. The number of nitrogens with zero attached hydrogens (tertiary/aromatic N) is 7. The fourth-order valence-electron chi connectivity index (χ4n) is 3.05. The molecule has 154 valence electrons. The lowest BCUT2D eigenvalue weighted by molar-refractivity contribution is 0.181. The molecule has 0 fully saturated rings. The number of ether oxygens (including phenoxy) is 1. The molecule has 4 aromatic rings. The van der Waals surface area contributed by atoms with E-state index in [-0.39, 0.29) is 11.5 Å². The van der Waals surface area contributed by atoms with Crippen LogP contribution in [0.4, 0.5) is 10.3 Å². The molecule has 9 nitrogen and oxygen atoms in total. The lowest BCUT2D eigenvalue weighted by Gasteiger charge is -2.05. The SMILES string of the molecule is COCc1cccc(Cn2cc(-c3cc(-c4cc(F)cc(C#N)c4)nc(N)n3)nn2)n1. The third-order valence-electron chi connectivity index (χ3n) is 4.35. The standard InChI is InChI=1S/C21H17FN8O/c1-31-12-17-4-2-3-16(25-17)10-30-11-20(28-29-30)19-8-18(26-21(24)27-19)14-5-13(9-23)6-15(22)7-14/h2-8,11H,10,12H2,1H3,(H2,24,26,27). The minimum Gasteiger partial charge on any atom is -0.378 e. The van der Waals surface area contributed by atoms with Crippen LogP contribution in [0.3, 0.4) is 0 Å². The monoisotopic (exact) mass is 416 g/mol. The van der Waals surface area contributed by atoms with Crippen LogP contribution in [0.15, 0.2) is 48.7 Å². The summed E-state index contributed by atoms with van der Waals surface area (Å²) in [5.74, 6) is -0.541. The molecule has 2 N–H and O–H groups in total. The highest BCUT2D eigenvalue weighted by molar-refractivity contribution is 5.68. The van der Waals surface area contributed by atoms with E-state index in [1.54, 1.807) is 24.1 Å². The number of hydrogen-bond donors (Lipinski definition) is 1. The molecule has 0 aliphatic rings. The minimum absolute atomic E-state index is 0.00116. The molecule has 3 heterocycles. The fraction of sp³-hybridized carbons (Fsp3) is 0.143. The number of nitriles is 1. The first-order valence-corrected chi connectivity index (χ1v) is 9.24. The summed E-state index contributed by atoms with van der Waals surface area (Å²) in [4.78, 5) is 12.9. The molecule has 0 saturated heterocycles. The maximum atomic E-state index is 13.8. The number of pyridine rings is 1. The molecule has 0 saturated carbocycles. The highest BCUT2D eigenvalue weighted by Crippen LogP contribution is 2.25. The van der Waals surface area contributed by atoms with Crippen LogP contribution in [-0.2, 0) is 17.9 Å². The number of methoxy groups -OCH3 is 1. The summed E-state index contributed by atoms with van der Waals surface area (Å²) in [5.41, 5.74) is 9.36. The Morgan fingerprint density at radius 1 is 1.06 bits per heavy atom. The zero-order chi connectivity index (χ0) is 21.8. The lowest BCUT2D eigenvalue weighted by atomic mass is 10.1. The van der Waals surface area contributed by atoms with Crippen molar-refractivity contribution in [2.75, 3.05) is 12.8 Å². The van der Waals surface area contributed by atoms with Gasteiger partial charge in [-0.05, 0) is 36.4 Å². The number of anilines is 1. The Labute approximate surface area is 177 Å². The van der Waals surface area contributed by atoms with E-state index in [2.05, 4.69) is 25.3 Å². The van der Waals surface area contributed by atoms with Crippen LogP contribution in [0.25, 0.3) is 22.6 Å². The van der Waals surface area contributed by atoms with Crippen LogP contribution < -0.4 is 5.73 Å². The van der Waals surface area contributed by atoms with Crippen LogP contribution in [0.5, 0.6) is 0 Å². The molecule has 4 rings (SSSR count). The summed E-state index contributed by atoms with van der Waals surface area (Å²) in [7, 11) is 1.62. The number of hydrogen-bond acceptors (Lipinski definition) is 8. The van der Waals surface area contributed by atoms with Crippen molar-refractivity contribution in [3.05, 3.63) is 71.4 Å². The second kappa shape index (κ2) is 8.64. The third-order valence-corrected chi connectivity index (χ3v) is 4.35. The van der Waals surface area contributed by atoms with Crippen molar-refractivity contribution in [1.29, 1.82) is 5.26 Å². The smallest absolute Gasteiger partial charge is 0.221 e. The Balaban J connectivity index is 1.63. The van der Waals surface area contributed by atoms with Gasteiger partial charge < -0.3 is 10.5 Å². The fourth-order valence-corrected chi connectivity index (χ4v) is 3.05. The van der Waals surface area contributed by atoms with E-state index in [0.29, 0.717) is 35.8 Å². The first-order chi connectivity index (χ1) is 15.0. The molecule has 1 aromatic carbocycles. The molecule has 0 unspecified atom stereocenters. The maximum Gasteiger partial charge on any atom is 0.221 e. The van der Waals surface area contributed by atoms with Crippen molar-refractivity contribution in [1.82, 2.24) is 29.9 Å². The molecule has 0 spiro atoms. The summed E-state index contributed by atoms with van der Waals surface area (Å²) in [6.07, 6.45) is 1.71. The van der Waals surface area contributed by atoms with E-state index < -0.39 is 5.82 Å². The Morgan fingerprint density at radius 2 is 1.87 bits per heavy atom. The maximum absolute atomic E-state index is 13.8. The van der Waals surface area contributed by atoms with E-state index >= 15 is 0 Å². The van der Waals surface area contributed by atoms with E-state index in [4.69, 9.17) is 15.7 Å². The zero-order valence-electron chi connectivity index (χ0n) is 16.5. The Hall–Kier alpha value is -4.23. The molecule has 0 bridgehead atoms. The normalized spacial score (nSPS) is 10.7. The summed E-state index contributed by atoms with van der Waals surface area (Å²) in [5, 5.41) is 17.4. The number of benzene rings is 1. The molecule has 0 amide bonds. The summed E-state index contributed by atoms with van der Waals surface area (Å²) in [6.45, 7) is 0.834. The van der Waals surface area contributed by atoms with E-state index in [9.17, 15) is 4.39 Å². The predicted molar refractivity (Wildman–Crippen MR) is 110 cm³/mol. The van der Waals surface area contributed by atoms with Gasteiger partial charge in [-0.3, -0.25) is 4.98 Å². The molecular weight excluding hydrogens is 399 g/mol. The van der Waals surface area contributed by atoms with Crippen LogP contribution in [0, 0.1) is 17.1 Å². The van der Waals surface area contributed by atoms with E-state index in [1.807, 2.05) is 24.3 Å². The highest BCUT2D eigenvalue weighted by atomic mass is 19.1. The Morgan fingerprint density at radius 3 is 2.68 bits per heavy atom. The number of nitrogens with two attached hydrogens (primary N) is 1. The van der Waals surface area contributed by atoms with Crippen molar-refractivity contribution in [2.24, 2.45) is 0 Å². The van der Waals surface area contributed by atoms with Crippen molar-refractivity contribution in [3.8, 4) is 28.7 Å². The van der Waals surface area contributed by atoms with Crippen LogP contribution in [0.2, 0.25) is 0 Å².